The molecule has 2 aliphatic rings. The molecule has 2 aliphatic heterocycles. The van der Waals surface area contributed by atoms with Gasteiger partial charge in [0.05, 0.1) is 0 Å². The molecule has 0 aliphatic carbocycles. The van der Waals surface area contributed by atoms with Crippen molar-refractivity contribution in [3.05, 3.63) is 29.3 Å². The van der Waals surface area contributed by atoms with Gasteiger partial charge in [0.15, 0.2) is 0 Å². The highest BCUT2D eigenvalue weighted by atomic mass is 32.2. The van der Waals surface area contributed by atoms with Gasteiger partial charge in [0.25, 0.3) is 0 Å². The molecule has 0 radical (unpaired) electrons. The largest absolute Gasteiger partial charge is 0.326 e. The highest BCUT2D eigenvalue weighted by molar-refractivity contribution is 8.06. The van der Waals surface area contributed by atoms with Crippen molar-refractivity contribution in [1.29, 1.82) is 0 Å². The van der Waals surface area contributed by atoms with Crippen LogP contribution >= 0.6 is 23.5 Å². The molecule has 1 N–H and O–H groups in total. The molecule has 0 saturated carbocycles. The van der Waals surface area contributed by atoms with E-state index in [1.165, 1.54) is 22.6 Å². The molecule has 2 heterocycles. The number of fused-ring (bicyclic) bond motifs is 1. The predicted molar refractivity (Wildman–Crippen MR) is 88.4 cm³/mol. The zero-order chi connectivity index (χ0) is 13.9. The van der Waals surface area contributed by atoms with Crippen LogP contribution < -0.4 is 5.32 Å². The summed E-state index contributed by atoms with van der Waals surface area (Å²) in [5.74, 6) is 3.65. The highest BCUT2D eigenvalue weighted by Gasteiger charge is 2.19. The lowest BCUT2D eigenvalue weighted by Crippen LogP contribution is -2.22. The van der Waals surface area contributed by atoms with Crippen molar-refractivity contribution < 1.29 is 4.79 Å². The molecule has 1 fully saturated rings. The van der Waals surface area contributed by atoms with Crippen LogP contribution in [0.5, 0.6) is 0 Å². The van der Waals surface area contributed by atoms with Gasteiger partial charge in [0, 0.05) is 47.7 Å². The number of thioether (sulfide) groups is 2. The lowest BCUT2D eigenvalue weighted by atomic mass is 10.1. The Hall–Kier alpha value is -0.650. The average Bonchev–Trinajstić information content (AvgIpc) is 2.79. The van der Waals surface area contributed by atoms with Crippen LogP contribution in [0.1, 0.15) is 17.5 Å². The van der Waals surface area contributed by atoms with E-state index in [0.717, 1.165) is 24.5 Å². The maximum atomic E-state index is 12.1. The van der Waals surface area contributed by atoms with Crippen LogP contribution in [0.25, 0.3) is 0 Å². The van der Waals surface area contributed by atoms with E-state index in [2.05, 4.69) is 29.4 Å². The molecule has 0 unspecified atom stereocenters. The molecular weight excluding hydrogens is 288 g/mol. The summed E-state index contributed by atoms with van der Waals surface area (Å²) < 4.78 is 0. The molecule has 0 aromatic heterocycles. The molecule has 3 rings (SSSR count). The number of benzene rings is 1. The Morgan fingerprint density at radius 2 is 2.20 bits per heavy atom. The van der Waals surface area contributed by atoms with Gasteiger partial charge < -0.3 is 5.32 Å². The van der Waals surface area contributed by atoms with Crippen molar-refractivity contribution in [2.45, 2.75) is 24.8 Å². The van der Waals surface area contributed by atoms with Gasteiger partial charge in [-0.15, -0.1) is 0 Å². The number of amides is 1. The van der Waals surface area contributed by atoms with Gasteiger partial charge in [-0.1, -0.05) is 6.07 Å². The second kappa shape index (κ2) is 6.41. The Labute approximate surface area is 128 Å². The Morgan fingerprint density at radius 3 is 3.00 bits per heavy atom. The van der Waals surface area contributed by atoms with Gasteiger partial charge in [-0.2, -0.15) is 23.5 Å². The first-order valence-electron chi connectivity index (χ1n) is 7.00. The van der Waals surface area contributed by atoms with E-state index in [9.17, 15) is 4.79 Å². The van der Waals surface area contributed by atoms with Crippen molar-refractivity contribution in [3.63, 3.8) is 0 Å². The SMILES string of the molecule is CN1Cc2ccc(NC(=O)C[C@H]3CSCCS3)cc2C1. The fourth-order valence-electron chi connectivity index (χ4n) is 2.72. The number of hydrogen-bond acceptors (Lipinski definition) is 4. The minimum Gasteiger partial charge on any atom is -0.326 e. The smallest absolute Gasteiger partial charge is 0.225 e. The first kappa shape index (κ1) is 14.3. The normalized spacial score (nSPS) is 22.6. The molecule has 0 spiro atoms. The summed E-state index contributed by atoms with van der Waals surface area (Å²) >= 11 is 3.90. The zero-order valence-corrected chi connectivity index (χ0v) is 13.4. The number of nitrogens with one attached hydrogen (secondary N) is 1. The maximum Gasteiger partial charge on any atom is 0.225 e. The van der Waals surface area contributed by atoms with Gasteiger partial charge in [-0.05, 0) is 30.3 Å². The summed E-state index contributed by atoms with van der Waals surface area (Å²) in [4.78, 5) is 14.4. The number of carbonyl (C=O) groups excluding carboxylic acids is 1. The molecule has 1 amide bonds. The van der Waals surface area contributed by atoms with Crippen molar-refractivity contribution in [3.8, 4) is 0 Å². The molecule has 1 aromatic rings. The van der Waals surface area contributed by atoms with E-state index < -0.39 is 0 Å². The van der Waals surface area contributed by atoms with Crippen molar-refractivity contribution in [1.82, 2.24) is 4.90 Å². The van der Waals surface area contributed by atoms with E-state index in [4.69, 9.17) is 0 Å². The molecular formula is C15H20N2OS2. The topological polar surface area (TPSA) is 32.3 Å². The minimum absolute atomic E-state index is 0.149. The molecule has 1 atom stereocenters. The summed E-state index contributed by atoms with van der Waals surface area (Å²) in [5, 5.41) is 3.53. The quantitative estimate of drug-likeness (QED) is 0.930. The Morgan fingerprint density at radius 1 is 1.35 bits per heavy atom. The third-order valence-electron chi connectivity index (χ3n) is 3.67. The molecule has 0 bridgehead atoms. The highest BCUT2D eigenvalue weighted by Crippen LogP contribution is 2.27. The number of rotatable bonds is 3. The van der Waals surface area contributed by atoms with Crippen LogP contribution in [0, 0.1) is 0 Å². The van der Waals surface area contributed by atoms with Crippen molar-refractivity contribution in [2.75, 3.05) is 29.6 Å². The molecule has 5 heteroatoms. The van der Waals surface area contributed by atoms with Crippen LogP contribution in [-0.2, 0) is 17.9 Å². The Balaban J connectivity index is 1.57. The van der Waals surface area contributed by atoms with E-state index in [1.54, 1.807) is 0 Å². The Bertz CT molecular complexity index is 501. The third kappa shape index (κ3) is 3.51. The van der Waals surface area contributed by atoms with Crippen LogP contribution in [0.2, 0.25) is 0 Å². The Kier molecular flexibility index (Phi) is 4.58. The second-order valence-electron chi connectivity index (χ2n) is 5.48. The van der Waals surface area contributed by atoms with Gasteiger partial charge in [0.1, 0.15) is 0 Å². The monoisotopic (exact) mass is 308 g/mol. The van der Waals surface area contributed by atoms with E-state index in [1.807, 2.05) is 29.6 Å². The van der Waals surface area contributed by atoms with Gasteiger partial charge in [-0.25, -0.2) is 0 Å². The average molecular weight is 308 g/mol. The lowest BCUT2D eigenvalue weighted by Gasteiger charge is -2.20. The summed E-state index contributed by atoms with van der Waals surface area (Å²) in [6, 6.07) is 6.29. The fourth-order valence-corrected chi connectivity index (χ4v) is 5.40. The third-order valence-corrected chi connectivity index (χ3v) is 6.51. The number of anilines is 1. The minimum atomic E-state index is 0.149. The molecule has 108 valence electrons. The summed E-state index contributed by atoms with van der Waals surface area (Å²) in [7, 11) is 2.12. The van der Waals surface area contributed by atoms with Gasteiger partial charge >= 0.3 is 0 Å². The summed E-state index contributed by atoms with van der Waals surface area (Å²) in [6.07, 6.45) is 0.634. The molecule has 1 saturated heterocycles. The van der Waals surface area contributed by atoms with Crippen LogP contribution in [0.4, 0.5) is 5.69 Å². The number of nitrogens with zero attached hydrogens (tertiary/aromatic N) is 1. The maximum absolute atomic E-state index is 12.1. The lowest BCUT2D eigenvalue weighted by molar-refractivity contribution is -0.116. The van der Waals surface area contributed by atoms with Crippen LogP contribution in [0.15, 0.2) is 18.2 Å². The number of carbonyl (C=O) groups is 1. The zero-order valence-electron chi connectivity index (χ0n) is 11.7. The van der Waals surface area contributed by atoms with Crippen LogP contribution in [-0.4, -0.2) is 40.4 Å². The van der Waals surface area contributed by atoms with Gasteiger partial charge in [0.2, 0.25) is 5.91 Å². The standard InChI is InChI=1S/C15H20N2OS2/c1-17-8-11-2-3-13(6-12(11)9-17)16-15(18)7-14-10-19-4-5-20-14/h2-3,6,14H,4-5,7-10H2,1H3,(H,16,18)/t14-/m0/s1. The molecule has 1 aromatic carbocycles. The second-order valence-corrected chi connectivity index (χ2v) is 8.03. The number of hydrogen-bond donors (Lipinski definition) is 1. The van der Waals surface area contributed by atoms with Crippen molar-refractivity contribution in [2.24, 2.45) is 0 Å². The fraction of sp³-hybridized carbons (Fsp3) is 0.533. The summed E-state index contributed by atoms with van der Waals surface area (Å²) in [6.45, 7) is 1.99. The molecule has 3 nitrogen and oxygen atoms in total. The first-order chi connectivity index (χ1) is 9.70. The summed E-state index contributed by atoms with van der Waals surface area (Å²) in [5.41, 5.74) is 3.66. The molecule has 20 heavy (non-hydrogen) atoms. The van der Waals surface area contributed by atoms with E-state index in [0.29, 0.717) is 11.7 Å². The van der Waals surface area contributed by atoms with Crippen LogP contribution in [0.3, 0.4) is 0 Å². The van der Waals surface area contributed by atoms with Gasteiger partial charge in [-0.3, -0.25) is 9.69 Å². The van der Waals surface area contributed by atoms with Crippen molar-refractivity contribution >= 4 is 35.1 Å². The first-order valence-corrected chi connectivity index (χ1v) is 9.20. The predicted octanol–water partition coefficient (Wildman–Crippen LogP) is 2.81. The van der Waals surface area contributed by atoms with E-state index in [-0.39, 0.29) is 5.91 Å². The van der Waals surface area contributed by atoms with E-state index >= 15 is 0 Å².